The van der Waals surface area contributed by atoms with Crippen LogP contribution in [0, 0.1) is 5.41 Å². The molecule has 0 aliphatic carbocycles. The van der Waals surface area contributed by atoms with Gasteiger partial charge in [-0.3, -0.25) is 5.43 Å². The first-order valence-corrected chi connectivity index (χ1v) is 2.95. The Morgan fingerprint density at radius 2 is 2.00 bits per heavy atom. The topological polar surface area (TPSA) is 48.5 Å². The number of amidine groups is 1. The Labute approximate surface area is 54.6 Å². The van der Waals surface area contributed by atoms with E-state index in [1.165, 1.54) is 0 Å². The van der Waals surface area contributed by atoms with E-state index < -0.39 is 0 Å². The molecule has 0 fully saturated rings. The average molecular weight is 128 g/mol. The minimum atomic E-state index is 0.0938. The zero-order valence-electron chi connectivity index (χ0n) is 5.95. The zero-order valence-corrected chi connectivity index (χ0v) is 5.95. The normalized spacial score (nSPS) is 18.3. The molecule has 0 saturated carbocycles. The Morgan fingerprint density at radius 1 is 1.33 bits per heavy atom. The summed E-state index contributed by atoms with van der Waals surface area (Å²) in [5, 5.41) is 3.95. The van der Waals surface area contributed by atoms with Crippen LogP contribution in [-0.2, 0) is 0 Å². The van der Waals surface area contributed by atoms with Gasteiger partial charge < -0.3 is 0 Å². The summed E-state index contributed by atoms with van der Waals surface area (Å²) in [6.45, 7) is 6.27. The maximum Gasteiger partial charge on any atom is 0.144 e. The lowest BCUT2D eigenvalue weighted by Crippen LogP contribution is -2.40. The van der Waals surface area contributed by atoms with Gasteiger partial charge in [-0.25, -0.2) is 5.53 Å². The van der Waals surface area contributed by atoms with Crippen molar-refractivity contribution in [1.82, 2.24) is 16.5 Å². The summed E-state index contributed by atoms with van der Waals surface area (Å²) in [4.78, 5) is 0. The van der Waals surface area contributed by atoms with Crippen molar-refractivity contribution in [3.05, 3.63) is 0 Å². The molecular formula is C5H12N4. The van der Waals surface area contributed by atoms with Crippen molar-refractivity contribution >= 4 is 5.84 Å². The molecule has 0 aromatic carbocycles. The average Bonchev–Trinajstić information content (AvgIpc) is 2.08. The molecule has 0 radical (unpaired) electrons. The molecule has 1 aliphatic heterocycles. The van der Waals surface area contributed by atoms with Crippen LogP contribution in [0.5, 0.6) is 0 Å². The van der Waals surface area contributed by atoms with E-state index in [9.17, 15) is 0 Å². The molecule has 0 spiro atoms. The summed E-state index contributed by atoms with van der Waals surface area (Å²) in [7, 11) is 0. The monoisotopic (exact) mass is 128 g/mol. The predicted octanol–water partition coefficient (Wildman–Crippen LogP) is -0.0416. The van der Waals surface area contributed by atoms with Crippen LogP contribution < -0.4 is 16.5 Å². The van der Waals surface area contributed by atoms with E-state index in [-0.39, 0.29) is 5.41 Å². The number of nitrogens with one attached hydrogen (secondary N) is 3. The number of hydrazone groups is 1. The van der Waals surface area contributed by atoms with Crippen molar-refractivity contribution in [3.63, 3.8) is 0 Å². The molecule has 0 unspecified atom stereocenters. The number of hydrogen-bond donors (Lipinski definition) is 3. The quantitative estimate of drug-likeness (QED) is 0.429. The summed E-state index contributed by atoms with van der Waals surface area (Å²) in [6.07, 6.45) is 0. The third-order valence-electron chi connectivity index (χ3n) is 1.11. The molecule has 1 heterocycles. The standard InChI is InChI=1S/C5H12N4/c1-5(2,3)4-6-8-9-7-4/h8-9H,1-3H3,(H,6,7). The van der Waals surface area contributed by atoms with Crippen molar-refractivity contribution in [2.24, 2.45) is 10.5 Å². The fourth-order valence-corrected chi connectivity index (χ4v) is 0.554. The summed E-state index contributed by atoms with van der Waals surface area (Å²) >= 11 is 0. The summed E-state index contributed by atoms with van der Waals surface area (Å²) < 4.78 is 0. The van der Waals surface area contributed by atoms with E-state index in [4.69, 9.17) is 0 Å². The first kappa shape index (κ1) is 6.35. The van der Waals surface area contributed by atoms with Gasteiger partial charge in [0.1, 0.15) is 5.84 Å². The SMILES string of the molecule is CC(C)(C)C1=NNNN1. The van der Waals surface area contributed by atoms with Crippen molar-refractivity contribution < 1.29 is 0 Å². The van der Waals surface area contributed by atoms with Gasteiger partial charge in [-0.1, -0.05) is 20.8 Å². The molecule has 9 heavy (non-hydrogen) atoms. The van der Waals surface area contributed by atoms with E-state index in [1.54, 1.807) is 0 Å². The van der Waals surface area contributed by atoms with Gasteiger partial charge in [0.05, 0.1) is 0 Å². The molecule has 0 aromatic heterocycles. The van der Waals surface area contributed by atoms with Crippen LogP contribution in [-0.4, -0.2) is 5.84 Å². The molecule has 0 aromatic rings. The Morgan fingerprint density at radius 3 is 2.22 bits per heavy atom. The highest BCUT2D eigenvalue weighted by atomic mass is 15.8. The first-order valence-electron chi connectivity index (χ1n) is 2.95. The van der Waals surface area contributed by atoms with E-state index in [2.05, 4.69) is 42.4 Å². The van der Waals surface area contributed by atoms with Crippen LogP contribution in [0.15, 0.2) is 5.10 Å². The Bertz CT molecular complexity index is 132. The third-order valence-corrected chi connectivity index (χ3v) is 1.11. The highest BCUT2D eigenvalue weighted by Crippen LogP contribution is 2.13. The van der Waals surface area contributed by atoms with Crippen LogP contribution in [0.25, 0.3) is 0 Å². The lowest BCUT2D eigenvalue weighted by atomic mass is 9.95. The van der Waals surface area contributed by atoms with Gasteiger partial charge in [0, 0.05) is 5.41 Å². The highest BCUT2D eigenvalue weighted by molar-refractivity contribution is 5.87. The van der Waals surface area contributed by atoms with Gasteiger partial charge >= 0.3 is 0 Å². The second-order valence-electron chi connectivity index (χ2n) is 3.07. The molecule has 0 saturated heterocycles. The fourth-order valence-electron chi connectivity index (χ4n) is 0.554. The Hall–Kier alpha value is -0.770. The summed E-state index contributed by atoms with van der Waals surface area (Å²) in [6, 6.07) is 0. The molecule has 0 atom stereocenters. The summed E-state index contributed by atoms with van der Waals surface area (Å²) in [5.41, 5.74) is 8.26. The predicted molar refractivity (Wildman–Crippen MR) is 36.3 cm³/mol. The fraction of sp³-hybridized carbons (Fsp3) is 0.800. The molecule has 1 aliphatic rings. The number of hydrazine groups is 2. The van der Waals surface area contributed by atoms with Gasteiger partial charge in [0.25, 0.3) is 0 Å². The largest absolute Gasteiger partial charge is 0.288 e. The summed E-state index contributed by atoms with van der Waals surface area (Å²) in [5.74, 6) is 0.933. The molecule has 4 nitrogen and oxygen atoms in total. The maximum atomic E-state index is 3.95. The van der Waals surface area contributed by atoms with Crippen LogP contribution in [0.2, 0.25) is 0 Å². The van der Waals surface area contributed by atoms with Crippen molar-refractivity contribution in [3.8, 4) is 0 Å². The molecule has 3 N–H and O–H groups in total. The van der Waals surface area contributed by atoms with Gasteiger partial charge in [0.2, 0.25) is 0 Å². The van der Waals surface area contributed by atoms with E-state index in [0.717, 1.165) is 5.84 Å². The Balaban J connectivity index is 2.61. The minimum Gasteiger partial charge on any atom is -0.288 e. The molecule has 0 bridgehead atoms. The maximum absolute atomic E-state index is 3.95. The molecule has 52 valence electrons. The van der Waals surface area contributed by atoms with E-state index in [0.29, 0.717) is 0 Å². The second-order valence-corrected chi connectivity index (χ2v) is 3.07. The van der Waals surface area contributed by atoms with Gasteiger partial charge in [-0.2, -0.15) is 0 Å². The number of nitrogens with zero attached hydrogens (tertiary/aromatic N) is 1. The first-order chi connectivity index (χ1) is 4.11. The van der Waals surface area contributed by atoms with Gasteiger partial charge in [-0.05, 0) is 0 Å². The zero-order chi connectivity index (χ0) is 6.91. The second kappa shape index (κ2) is 1.88. The van der Waals surface area contributed by atoms with E-state index in [1.807, 2.05) is 0 Å². The smallest absolute Gasteiger partial charge is 0.144 e. The minimum absolute atomic E-state index is 0.0938. The van der Waals surface area contributed by atoms with Crippen LogP contribution >= 0.6 is 0 Å². The molecule has 0 amide bonds. The third kappa shape index (κ3) is 1.32. The van der Waals surface area contributed by atoms with Crippen LogP contribution in [0.1, 0.15) is 20.8 Å². The van der Waals surface area contributed by atoms with Crippen molar-refractivity contribution in [2.75, 3.05) is 0 Å². The van der Waals surface area contributed by atoms with E-state index >= 15 is 0 Å². The molecule has 1 rings (SSSR count). The van der Waals surface area contributed by atoms with Gasteiger partial charge in [0.15, 0.2) is 0 Å². The van der Waals surface area contributed by atoms with Crippen LogP contribution in [0.3, 0.4) is 0 Å². The number of hydrogen-bond acceptors (Lipinski definition) is 4. The van der Waals surface area contributed by atoms with Crippen LogP contribution in [0.4, 0.5) is 0 Å². The lowest BCUT2D eigenvalue weighted by Gasteiger charge is -2.16. The van der Waals surface area contributed by atoms with Gasteiger partial charge in [-0.15, -0.1) is 10.6 Å². The van der Waals surface area contributed by atoms with Crippen molar-refractivity contribution in [2.45, 2.75) is 20.8 Å². The Kier molecular flexibility index (Phi) is 1.32. The van der Waals surface area contributed by atoms with Crippen molar-refractivity contribution in [1.29, 1.82) is 0 Å². The number of rotatable bonds is 0. The highest BCUT2D eigenvalue weighted by Gasteiger charge is 2.20. The molecule has 4 heteroatoms. The molecular weight excluding hydrogens is 116 g/mol. The lowest BCUT2D eigenvalue weighted by molar-refractivity contribution is 0.543.